The summed E-state index contributed by atoms with van der Waals surface area (Å²) in [5.74, 6) is 0.554. The summed E-state index contributed by atoms with van der Waals surface area (Å²) in [5, 5.41) is 3.80. The van der Waals surface area contributed by atoms with Crippen molar-refractivity contribution in [3.8, 4) is 0 Å². The van der Waals surface area contributed by atoms with Crippen LogP contribution in [0.1, 0.15) is 31.7 Å². The zero-order valence-electron chi connectivity index (χ0n) is 12.2. The first-order valence-electron chi connectivity index (χ1n) is 7.53. The maximum absolute atomic E-state index is 12.8. The maximum Gasteiger partial charge on any atom is 0.243 e. The molecule has 116 valence electrons. The van der Waals surface area contributed by atoms with E-state index < -0.39 is 10.0 Å². The Bertz CT molecular complexity index is 633. The first kappa shape index (κ1) is 15.3. The molecule has 2 fully saturated rings. The van der Waals surface area contributed by atoms with Gasteiger partial charge in [-0.15, -0.1) is 0 Å². The molecule has 1 saturated carbocycles. The van der Waals surface area contributed by atoms with Crippen molar-refractivity contribution in [1.82, 2.24) is 9.62 Å². The highest BCUT2D eigenvalue weighted by molar-refractivity contribution is 7.89. The number of hydrogen-bond acceptors (Lipinski definition) is 3. The largest absolute Gasteiger partial charge is 0.313 e. The van der Waals surface area contributed by atoms with Crippen LogP contribution in [-0.2, 0) is 16.6 Å². The average molecular weight is 329 g/mol. The number of benzene rings is 1. The van der Waals surface area contributed by atoms with Crippen LogP contribution in [0.5, 0.6) is 0 Å². The number of halogens is 1. The number of nitrogens with zero attached hydrogens (tertiary/aromatic N) is 1. The Morgan fingerprint density at radius 2 is 2.19 bits per heavy atom. The summed E-state index contributed by atoms with van der Waals surface area (Å²) < 4.78 is 27.3. The lowest BCUT2D eigenvalue weighted by atomic mass is 10.1. The molecule has 6 heteroatoms. The van der Waals surface area contributed by atoms with Crippen LogP contribution in [0.2, 0.25) is 5.02 Å². The lowest BCUT2D eigenvalue weighted by molar-refractivity contribution is 0.333. The van der Waals surface area contributed by atoms with E-state index in [2.05, 4.69) is 5.32 Å². The highest BCUT2D eigenvalue weighted by atomic mass is 35.5. The van der Waals surface area contributed by atoms with E-state index in [-0.39, 0.29) is 6.04 Å². The summed E-state index contributed by atoms with van der Waals surface area (Å²) in [4.78, 5) is 0.368. The van der Waals surface area contributed by atoms with Crippen LogP contribution >= 0.6 is 11.6 Å². The minimum Gasteiger partial charge on any atom is -0.313 e. The number of sulfonamides is 1. The molecule has 3 rings (SSSR count). The van der Waals surface area contributed by atoms with Gasteiger partial charge < -0.3 is 5.32 Å². The molecule has 0 aromatic heterocycles. The number of nitrogens with one attached hydrogen (secondary N) is 1. The fourth-order valence-electron chi connectivity index (χ4n) is 3.42. The lowest BCUT2D eigenvalue weighted by Crippen LogP contribution is -2.37. The smallest absolute Gasteiger partial charge is 0.243 e. The van der Waals surface area contributed by atoms with E-state index in [4.69, 9.17) is 11.6 Å². The zero-order chi connectivity index (χ0) is 15.0. The third-order valence-electron chi connectivity index (χ3n) is 4.55. The predicted molar refractivity (Wildman–Crippen MR) is 83.9 cm³/mol. The molecule has 2 aliphatic rings. The summed E-state index contributed by atoms with van der Waals surface area (Å²) in [7, 11) is -3.39. The number of hydrogen-bond donors (Lipinski definition) is 1. The third-order valence-corrected chi connectivity index (χ3v) is 6.83. The summed E-state index contributed by atoms with van der Waals surface area (Å²) in [6, 6.07) is 5.23. The topological polar surface area (TPSA) is 49.4 Å². The van der Waals surface area contributed by atoms with Crippen LogP contribution in [0.25, 0.3) is 0 Å². The van der Waals surface area contributed by atoms with Crippen molar-refractivity contribution in [1.29, 1.82) is 0 Å². The van der Waals surface area contributed by atoms with Crippen molar-refractivity contribution in [2.75, 3.05) is 13.1 Å². The average Bonchev–Trinajstić information content (AvgIpc) is 3.09. The van der Waals surface area contributed by atoms with E-state index in [9.17, 15) is 8.42 Å². The first-order chi connectivity index (χ1) is 10.0. The van der Waals surface area contributed by atoms with Gasteiger partial charge in [-0.3, -0.25) is 0 Å². The molecule has 0 spiro atoms. The fraction of sp³-hybridized carbons (Fsp3) is 0.600. The van der Waals surface area contributed by atoms with Gasteiger partial charge in [-0.1, -0.05) is 18.5 Å². The molecule has 1 aromatic carbocycles. The predicted octanol–water partition coefficient (Wildman–Crippen LogP) is 2.62. The van der Waals surface area contributed by atoms with Gasteiger partial charge in [-0.2, -0.15) is 4.31 Å². The quantitative estimate of drug-likeness (QED) is 0.904. The lowest BCUT2D eigenvalue weighted by Gasteiger charge is -2.26. The van der Waals surface area contributed by atoms with Gasteiger partial charge in [0.15, 0.2) is 0 Å². The molecule has 1 aromatic rings. The monoisotopic (exact) mass is 328 g/mol. The van der Waals surface area contributed by atoms with Gasteiger partial charge in [0.05, 0.1) is 4.90 Å². The van der Waals surface area contributed by atoms with Crippen LogP contribution in [0.3, 0.4) is 0 Å². The Labute approximate surface area is 131 Å². The second-order valence-electron chi connectivity index (χ2n) is 5.94. The molecule has 2 bridgehead atoms. The molecule has 0 radical (unpaired) electrons. The molecular formula is C15H21ClN2O2S. The third kappa shape index (κ3) is 2.84. The highest BCUT2D eigenvalue weighted by Crippen LogP contribution is 2.40. The van der Waals surface area contributed by atoms with Gasteiger partial charge in [0, 0.05) is 24.2 Å². The standard InChI is InChI=1S/C15H21ClN2O2S/c1-2-17-9-12-8-14(5-6-15(12)16)21(19,20)18-10-11-3-4-13(18)7-11/h5-6,8,11,13,17H,2-4,7,9-10H2,1H3. The van der Waals surface area contributed by atoms with Crippen LogP contribution in [-0.4, -0.2) is 31.9 Å². The molecule has 2 atom stereocenters. The van der Waals surface area contributed by atoms with Crippen molar-refractivity contribution in [3.05, 3.63) is 28.8 Å². The van der Waals surface area contributed by atoms with Crippen LogP contribution in [0.4, 0.5) is 0 Å². The summed E-state index contributed by atoms with van der Waals surface area (Å²) >= 11 is 6.16. The molecule has 1 aliphatic heterocycles. The minimum atomic E-state index is -3.39. The van der Waals surface area contributed by atoms with Crippen molar-refractivity contribution in [2.45, 2.75) is 43.7 Å². The summed E-state index contributed by atoms with van der Waals surface area (Å²) in [6.45, 7) is 4.10. The Balaban J connectivity index is 1.88. The van der Waals surface area contributed by atoms with Crippen LogP contribution < -0.4 is 5.32 Å². The van der Waals surface area contributed by atoms with Gasteiger partial charge in [0.2, 0.25) is 10.0 Å². The second-order valence-corrected chi connectivity index (χ2v) is 8.24. The zero-order valence-corrected chi connectivity index (χ0v) is 13.8. The number of rotatable bonds is 5. The SMILES string of the molecule is CCNCc1cc(S(=O)(=O)N2CC3CCC2C3)ccc1Cl. The van der Waals surface area contributed by atoms with E-state index in [1.165, 1.54) is 6.42 Å². The van der Waals surface area contributed by atoms with Crippen LogP contribution in [0.15, 0.2) is 23.1 Å². The molecule has 1 heterocycles. The molecule has 1 saturated heterocycles. The minimum absolute atomic E-state index is 0.202. The van der Waals surface area contributed by atoms with Crippen molar-refractivity contribution in [3.63, 3.8) is 0 Å². The molecule has 2 unspecified atom stereocenters. The maximum atomic E-state index is 12.8. The number of piperidine rings is 1. The molecule has 4 nitrogen and oxygen atoms in total. The molecule has 1 N–H and O–H groups in total. The Morgan fingerprint density at radius 3 is 2.81 bits per heavy atom. The van der Waals surface area contributed by atoms with Crippen LogP contribution in [0, 0.1) is 5.92 Å². The Hall–Kier alpha value is -0.620. The van der Waals surface area contributed by atoms with Gasteiger partial charge >= 0.3 is 0 Å². The van der Waals surface area contributed by atoms with Gasteiger partial charge in [0.1, 0.15) is 0 Å². The number of fused-ring (bicyclic) bond motifs is 2. The van der Waals surface area contributed by atoms with E-state index in [0.29, 0.717) is 28.9 Å². The van der Waals surface area contributed by atoms with Crippen molar-refractivity contribution >= 4 is 21.6 Å². The molecular weight excluding hydrogens is 308 g/mol. The van der Waals surface area contributed by atoms with Crippen molar-refractivity contribution < 1.29 is 8.42 Å². The summed E-state index contributed by atoms with van der Waals surface area (Å²) in [5.41, 5.74) is 0.837. The van der Waals surface area contributed by atoms with E-state index in [1.54, 1.807) is 22.5 Å². The normalized spacial score (nSPS) is 25.6. The van der Waals surface area contributed by atoms with Gasteiger partial charge in [0.25, 0.3) is 0 Å². The summed E-state index contributed by atoms with van der Waals surface area (Å²) in [6.07, 6.45) is 3.20. The highest BCUT2D eigenvalue weighted by Gasteiger charge is 2.44. The van der Waals surface area contributed by atoms with Gasteiger partial charge in [-0.05, 0) is 55.5 Å². The molecule has 0 amide bonds. The Morgan fingerprint density at radius 1 is 1.38 bits per heavy atom. The molecule has 1 aliphatic carbocycles. The van der Waals surface area contributed by atoms with Crippen molar-refractivity contribution in [2.24, 2.45) is 5.92 Å². The Kier molecular flexibility index (Phi) is 4.28. The second kappa shape index (κ2) is 5.88. The molecule has 21 heavy (non-hydrogen) atoms. The van der Waals surface area contributed by atoms with E-state index >= 15 is 0 Å². The van der Waals surface area contributed by atoms with Gasteiger partial charge in [-0.25, -0.2) is 8.42 Å². The van der Waals surface area contributed by atoms with E-state index in [0.717, 1.165) is 24.9 Å². The fourth-order valence-corrected chi connectivity index (χ4v) is 5.39. The van der Waals surface area contributed by atoms with E-state index in [1.807, 2.05) is 6.92 Å². The first-order valence-corrected chi connectivity index (χ1v) is 9.35.